The molecule has 0 heterocycles. The van der Waals surface area contributed by atoms with Gasteiger partial charge in [-0.15, -0.1) is 0 Å². The highest BCUT2D eigenvalue weighted by Gasteiger charge is 2.23. The summed E-state index contributed by atoms with van der Waals surface area (Å²) in [5, 5.41) is 0. The van der Waals surface area contributed by atoms with Crippen LogP contribution in [-0.2, 0) is 35.0 Å². The van der Waals surface area contributed by atoms with E-state index in [1.165, 1.54) is 12.1 Å². The number of rotatable bonds is 17. The van der Waals surface area contributed by atoms with Crippen LogP contribution in [0, 0.1) is 5.92 Å². The summed E-state index contributed by atoms with van der Waals surface area (Å²) >= 11 is 0. The number of carbonyl (C=O) groups is 4. The van der Waals surface area contributed by atoms with Crippen molar-refractivity contribution in [1.82, 2.24) is 0 Å². The van der Waals surface area contributed by atoms with Gasteiger partial charge in [0.1, 0.15) is 31.0 Å². The van der Waals surface area contributed by atoms with Crippen LogP contribution in [0.25, 0.3) is 0 Å². The van der Waals surface area contributed by atoms with Gasteiger partial charge >= 0.3 is 24.2 Å². The van der Waals surface area contributed by atoms with Crippen LogP contribution >= 0.6 is 0 Å². The van der Waals surface area contributed by atoms with E-state index in [2.05, 4.69) is 0 Å². The first-order chi connectivity index (χ1) is 19.4. The van der Waals surface area contributed by atoms with Crippen LogP contribution in [-0.4, -0.2) is 55.2 Å². The van der Waals surface area contributed by atoms with Gasteiger partial charge in [-0.05, 0) is 63.6 Å². The molecule has 2 N–H and O–H groups in total. The zero-order chi connectivity index (χ0) is 30.9. The fraction of sp³-hybridized carbons (Fsp3) is 0.667. The fourth-order valence-electron chi connectivity index (χ4n) is 3.69. The number of nitrogens with two attached hydrogens (primary N) is 1. The Balaban J connectivity index is 2.90. The molecule has 0 bridgehead atoms. The Kier molecular flexibility index (Phi) is 16.5. The zero-order valence-electron chi connectivity index (χ0n) is 25.4. The predicted octanol–water partition coefficient (Wildman–Crippen LogP) is 5.88. The SMILES string of the molecule is CCCC(C)OC(=O)Oc1ccc(C[C@H](N)C(=O)O[C@@H](C)COC(=O)CC(C)CC)cc1OC(=O)OC(C)CCC. The first-order valence-corrected chi connectivity index (χ1v) is 14.4. The molecular formula is C30H47NO10. The second-order valence-electron chi connectivity index (χ2n) is 10.4. The maximum absolute atomic E-state index is 12.6. The van der Waals surface area contributed by atoms with E-state index in [4.69, 9.17) is 34.2 Å². The monoisotopic (exact) mass is 581 g/mol. The number of hydrogen-bond acceptors (Lipinski definition) is 11. The van der Waals surface area contributed by atoms with E-state index >= 15 is 0 Å². The summed E-state index contributed by atoms with van der Waals surface area (Å²) in [6.07, 6.45) is 0.773. The Morgan fingerprint density at radius 1 is 0.780 bits per heavy atom. The molecule has 1 aromatic carbocycles. The van der Waals surface area contributed by atoms with E-state index in [-0.39, 0.29) is 48.6 Å². The highest BCUT2D eigenvalue weighted by atomic mass is 16.7. The number of ether oxygens (including phenoxy) is 6. The Labute approximate surface area is 243 Å². The van der Waals surface area contributed by atoms with Gasteiger partial charge in [-0.25, -0.2) is 9.59 Å². The summed E-state index contributed by atoms with van der Waals surface area (Å²) in [5.74, 6) is -1.01. The van der Waals surface area contributed by atoms with Crippen molar-refractivity contribution in [3.05, 3.63) is 23.8 Å². The predicted molar refractivity (Wildman–Crippen MR) is 152 cm³/mol. The van der Waals surface area contributed by atoms with Gasteiger partial charge < -0.3 is 34.2 Å². The average Bonchev–Trinajstić information content (AvgIpc) is 2.88. The van der Waals surface area contributed by atoms with Crippen LogP contribution in [0.4, 0.5) is 9.59 Å². The molecule has 11 heteroatoms. The van der Waals surface area contributed by atoms with Crippen molar-refractivity contribution in [2.75, 3.05) is 6.61 Å². The Hall–Kier alpha value is -3.34. The van der Waals surface area contributed by atoms with Gasteiger partial charge in [0.2, 0.25) is 0 Å². The first kappa shape index (κ1) is 35.7. The van der Waals surface area contributed by atoms with Crippen molar-refractivity contribution < 1.29 is 47.6 Å². The van der Waals surface area contributed by atoms with Crippen molar-refractivity contribution in [3.8, 4) is 11.5 Å². The third kappa shape index (κ3) is 14.7. The molecule has 0 aliphatic carbocycles. The van der Waals surface area contributed by atoms with Gasteiger partial charge in [-0.3, -0.25) is 9.59 Å². The fourth-order valence-corrected chi connectivity index (χ4v) is 3.69. The molecule has 3 unspecified atom stereocenters. The van der Waals surface area contributed by atoms with Crippen LogP contribution in [0.5, 0.6) is 11.5 Å². The molecule has 1 aromatic rings. The van der Waals surface area contributed by atoms with Gasteiger partial charge in [0.15, 0.2) is 11.5 Å². The Morgan fingerprint density at radius 2 is 1.34 bits per heavy atom. The van der Waals surface area contributed by atoms with E-state index in [0.717, 1.165) is 19.3 Å². The van der Waals surface area contributed by atoms with E-state index < -0.39 is 30.4 Å². The maximum atomic E-state index is 12.6. The minimum absolute atomic E-state index is 0.0231. The van der Waals surface area contributed by atoms with E-state index in [1.807, 2.05) is 27.7 Å². The molecule has 0 radical (unpaired) electrons. The second-order valence-corrected chi connectivity index (χ2v) is 10.4. The highest BCUT2D eigenvalue weighted by molar-refractivity contribution is 5.76. The number of carbonyl (C=O) groups excluding carboxylic acids is 4. The van der Waals surface area contributed by atoms with E-state index in [9.17, 15) is 19.2 Å². The molecule has 0 saturated carbocycles. The van der Waals surface area contributed by atoms with Crippen molar-refractivity contribution in [1.29, 1.82) is 0 Å². The summed E-state index contributed by atoms with van der Waals surface area (Å²) < 4.78 is 31.6. The van der Waals surface area contributed by atoms with Crippen molar-refractivity contribution in [2.24, 2.45) is 11.7 Å². The lowest BCUT2D eigenvalue weighted by atomic mass is 10.1. The van der Waals surface area contributed by atoms with Crippen LogP contribution in [0.15, 0.2) is 18.2 Å². The average molecular weight is 582 g/mol. The molecule has 0 fully saturated rings. The molecule has 0 amide bonds. The summed E-state index contributed by atoms with van der Waals surface area (Å²) in [6, 6.07) is 3.35. The lowest BCUT2D eigenvalue weighted by Gasteiger charge is -2.18. The third-order valence-electron chi connectivity index (χ3n) is 6.15. The molecular weight excluding hydrogens is 534 g/mol. The van der Waals surface area contributed by atoms with Gasteiger partial charge in [-0.2, -0.15) is 0 Å². The quantitative estimate of drug-likeness (QED) is 0.133. The maximum Gasteiger partial charge on any atom is 0.514 e. The summed E-state index contributed by atoms with van der Waals surface area (Å²) in [7, 11) is 0. The summed E-state index contributed by atoms with van der Waals surface area (Å²) in [6.45, 7) is 12.9. The molecule has 11 nitrogen and oxygen atoms in total. The standard InChI is InChI=1S/C30H47NO10/c1-8-11-20(5)38-29(34)40-25-14-13-23(17-26(25)41-30(35)39-21(6)12-9-2)16-24(31)28(33)37-22(7)18-36-27(32)15-19(4)10-3/h13-14,17,19-22,24H,8-12,15-16,18,31H2,1-7H3/t19?,20?,21?,22-,24-/m0/s1. The zero-order valence-corrected chi connectivity index (χ0v) is 25.4. The molecule has 0 aliphatic rings. The number of hydrogen-bond donors (Lipinski definition) is 1. The van der Waals surface area contributed by atoms with Gasteiger partial charge in [-0.1, -0.05) is 53.0 Å². The van der Waals surface area contributed by atoms with Gasteiger partial charge in [0, 0.05) is 6.42 Å². The lowest BCUT2D eigenvalue weighted by Crippen LogP contribution is -2.37. The third-order valence-corrected chi connectivity index (χ3v) is 6.15. The Morgan fingerprint density at radius 3 is 1.88 bits per heavy atom. The molecule has 0 aromatic heterocycles. The highest BCUT2D eigenvalue weighted by Crippen LogP contribution is 2.30. The van der Waals surface area contributed by atoms with Crippen LogP contribution in [0.1, 0.15) is 92.6 Å². The molecule has 0 aliphatic heterocycles. The molecule has 5 atom stereocenters. The number of esters is 2. The van der Waals surface area contributed by atoms with Crippen LogP contribution < -0.4 is 15.2 Å². The topological polar surface area (TPSA) is 150 Å². The van der Waals surface area contributed by atoms with E-state index in [0.29, 0.717) is 24.8 Å². The molecule has 232 valence electrons. The molecule has 41 heavy (non-hydrogen) atoms. The normalized spacial score (nSPS) is 14.5. The van der Waals surface area contributed by atoms with Gasteiger partial charge in [0.25, 0.3) is 0 Å². The molecule has 1 rings (SSSR count). The van der Waals surface area contributed by atoms with Crippen LogP contribution in [0.3, 0.4) is 0 Å². The summed E-state index contributed by atoms with van der Waals surface area (Å²) in [4.78, 5) is 49.1. The first-order valence-electron chi connectivity index (χ1n) is 14.4. The van der Waals surface area contributed by atoms with Gasteiger partial charge in [0.05, 0.1) is 0 Å². The number of benzene rings is 1. The van der Waals surface area contributed by atoms with Crippen molar-refractivity contribution >= 4 is 24.2 Å². The largest absolute Gasteiger partial charge is 0.514 e. The van der Waals surface area contributed by atoms with Crippen molar-refractivity contribution in [2.45, 2.75) is 118 Å². The van der Waals surface area contributed by atoms with Crippen LogP contribution in [0.2, 0.25) is 0 Å². The molecule has 0 saturated heterocycles. The Bertz CT molecular complexity index is 982. The van der Waals surface area contributed by atoms with Crippen molar-refractivity contribution in [3.63, 3.8) is 0 Å². The van der Waals surface area contributed by atoms with E-state index in [1.54, 1.807) is 26.8 Å². The second kappa shape index (κ2) is 18.9. The molecule has 0 spiro atoms. The lowest BCUT2D eigenvalue weighted by molar-refractivity contribution is -0.159. The smallest absolute Gasteiger partial charge is 0.462 e. The minimum Gasteiger partial charge on any atom is -0.462 e. The summed E-state index contributed by atoms with van der Waals surface area (Å²) in [5.41, 5.74) is 6.58. The minimum atomic E-state index is -1.07.